The number of pyridine rings is 1. The molecule has 0 saturated heterocycles. The topological polar surface area (TPSA) is 48.1 Å². The Bertz CT molecular complexity index is 1230. The number of halogens is 1. The summed E-state index contributed by atoms with van der Waals surface area (Å²) >= 11 is 0. The molecule has 0 amide bonds. The fraction of sp³-hybridized carbons (Fsp3) is 0.382. The summed E-state index contributed by atoms with van der Waals surface area (Å²) in [5.74, 6) is 3.22. The van der Waals surface area contributed by atoms with Gasteiger partial charge in [-0.1, -0.05) is 51.3 Å². The highest BCUT2D eigenvalue weighted by molar-refractivity contribution is 5.99. The van der Waals surface area contributed by atoms with Gasteiger partial charge in [-0.25, -0.2) is 4.39 Å². The minimum atomic E-state index is -0.376. The Morgan fingerprint density at radius 3 is 2.32 bits per heavy atom. The second-order valence-corrected chi connectivity index (χ2v) is 9.93. The number of aryl methyl sites for hydroxylation is 1. The number of nitrogens with two attached hydrogens (primary N) is 1. The average molecular weight is 513 g/mol. The van der Waals surface area contributed by atoms with Crippen LogP contribution >= 0.6 is 0 Å². The molecule has 200 valence electrons. The average Bonchev–Trinajstić information content (AvgIpc) is 3.42. The summed E-state index contributed by atoms with van der Waals surface area (Å²) in [7, 11) is 0. The molecule has 0 unspecified atom stereocenters. The molecule has 3 aromatic rings. The van der Waals surface area contributed by atoms with E-state index in [-0.39, 0.29) is 5.82 Å². The van der Waals surface area contributed by atoms with Gasteiger partial charge in [0.25, 0.3) is 0 Å². The highest BCUT2D eigenvalue weighted by Crippen LogP contribution is 2.38. The van der Waals surface area contributed by atoms with Crippen LogP contribution in [0.2, 0.25) is 0 Å². The van der Waals surface area contributed by atoms with E-state index in [9.17, 15) is 4.39 Å². The zero-order valence-corrected chi connectivity index (χ0v) is 23.1. The molecule has 1 heterocycles. The molecule has 2 N–H and O–H groups in total. The minimum Gasteiger partial charge on any atom is -0.490 e. The summed E-state index contributed by atoms with van der Waals surface area (Å²) in [6, 6.07) is 15.6. The van der Waals surface area contributed by atoms with Crippen molar-refractivity contribution in [1.82, 2.24) is 4.98 Å². The summed E-state index contributed by atoms with van der Waals surface area (Å²) in [6.07, 6.45) is 18.7. The van der Waals surface area contributed by atoms with Crippen LogP contribution in [-0.2, 0) is 0 Å². The third kappa shape index (κ3) is 8.21. The van der Waals surface area contributed by atoms with Gasteiger partial charge in [-0.05, 0) is 103 Å². The lowest BCUT2D eigenvalue weighted by molar-refractivity contribution is 0.210. The van der Waals surface area contributed by atoms with Crippen molar-refractivity contribution in [2.45, 2.75) is 84.7 Å². The summed E-state index contributed by atoms with van der Waals surface area (Å²) < 4.78 is 20.3. The predicted octanol–water partition coefficient (Wildman–Crippen LogP) is 9.00. The highest BCUT2D eigenvalue weighted by atomic mass is 19.1. The Hall–Kier alpha value is -3.58. The van der Waals surface area contributed by atoms with E-state index in [1.54, 1.807) is 6.20 Å². The molecule has 1 aliphatic carbocycles. The Balaban J connectivity index is 0.000000732. The molecule has 0 radical (unpaired) electrons. The highest BCUT2D eigenvalue weighted by Gasteiger charge is 2.19. The number of unbranched alkanes of at least 4 members (excludes halogenated alkanes) is 2. The summed E-state index contributed by atoms with van der Waals surface area (Å²) in [4.78, 5) is 4.09. The number of terminal acetylenes is 1. The Kier molecular flexibility index (Phi) is 11.4. The van der Waals surface area contributed by atoms with E-state index < -0.39 is 0 Å². The van der Waals surface area contributed by atoms with Gasteiger partial charge in [0.2, 0.25) is 0 Å². The lowest BCUT2D eigenvalue weighted by Crippen LogP contribution is -2.10. The quantitative estimate of drug-likeness (QED) is 0.230. The monoisotopic (exact) mass is 512 g/mol. The number of nitrogens with zero attached hydrogens (tertiary/aromatic N) is 1. The van der Waals surface area contributed by atoms with Gasteiger partial charge in [0, 0.05) is 18.3 Å². The van der Waals surface area contributed by atoms with Gasteiger partial charge in [-0.15, -0.1) is 12.3 Å². The van der Waals surface area contributed by atoms with Crippen molar-refractivity contribution in [3.8, 4) is 18.1 Å². The van der Waals surface area contributed by atoms with Crippen molar-refractivity contribution >= 4 is 16.8 Å². The van der Waals surface area contributed by atoms with Gasteiger partial charge in [0.05, 0.1) is 12.3 Å². The first-order valence-corrected chi connectivity index (χ1v) is 13.9. The maximum atomic E-state index is 14.1. The Morgan fingerprint density at radius 1 is 1.03 bits per heavy atom. The Morgan fingerprint density at radius 2 is 1.74 bits per heavy atom. The van der Waals surface area contributed by atoms with Gasteiger partial charge in [0.15, 0.2) is 0 Å². The van der Waals surface area contributed by atoms with Crippen LogP contribution < -0.4 is 10.5 Å². The summed E-state index contributed by atoms with van der Waals surface area (Å²) in [5.41, 5.74) is 12.5. The molecule has 0 aliphatic heterocycles. The fourth-order valence-corrected chi connectivity index (χ4v) is 4.90. The van der Waals surface area contributed by atoms with Crippen LogP contribution in [0.1, 0.15) is 93.9 Å². The molecule has 1 aliphatic rings. The summed E-state index contributed by atoms with van der Waals surface area (Å²) in [5, 5.41) is 0. The zero-order chi connectivity index (χ0) is 27.3. The van der Waals surface area contributed by atoms with E-state index in [0.29, 0.717) is 24.6 Å². The number of anilines is 1. The van der Waals surface area contributed by atoms with Crippen molar-refractivity contribution < 1.29 is 9.13 Å². The van der Waals surface area contributed by atoms with Crippen LogP contribution in [0.5, 0.6) is 5.75 Å². The SMILES string of the molecule is C#CCC/C(=C(/c1ccc(OC2CCCC2)cc1)c1ccc(N)cc1C)c1cncc(F)c1.CCCCC. The van der Waals surface area contributed by atoms with Crippen molar-refractivity contribution in [2.75, 3.05) is 5.73 Å². The molecule has 0 bridgehead atoms. The van der Waals surface area contributed by atoms with Gasteiger partial charge in [-0.3, -0.25) is 4.98 Å². The number of hydrogen-bond acceptors (Lipinski definition) is 3. The van der Waals surface area contributed by atoms with Crippen molar-refractivity contribution in [3.05, 3.63) is 89.0 Å². The molecule has 4 rings (SSSR count). The number of allylic oxidation sites excluding steroid dienone is 1. The lowest BCUT2D eigenvalue weighted by atomic mass is 9.86. The van der Waals surface area contributed by atoms with Crippen LogP contribution in [0.25, 0.3) is 11.1 Å². The van der Waals surface area contributed by atoms with E-state index in [2.05, 4.69) is 36.9 Å². The number of benzene rings is 2. The molecule has 1 aromatic heterocycles. The van der Waals surface area contributed by atoms with Crippen LogP contribution in [0, 0.1) is 25.1 Å². The molecule has 3 nitrogen and oxygen atoms in total. The number of nitrogen functional groups attached to an aromatic ring is 1. The standard InChI is InChI=1S/C29H29FN2O.C5H12/c1-3-4-9-28(22-17-23(30)19-32-18-22)29(27-15-12-24(31)16-20(27)2)21-10-13-26(14-11-21)33-25-7-5-6-8-25;1-3-5-4-2/h1,10-19,25H,4-9,31H2,2H3;3-5H2,1-2H3/b29-28+;. The van der Waals surface area contributed by atoms with E-state index in [0.717, 1.165) is 52.0 Å². The van der Waals surface area contributed by atoms with E-state index in [4.69, 9.17) is 16.9 Å². The van der Waals surface area contributed by atoms with Crippen LogP contribution in [-0.4, -0.2) is 11.1 Å². The smallest absolute Gasteiger partial charge is 0.142 e. The van der Waals surface area contributed by atoms with Crippen LogP contribution in [0.4, 0.5) is 10.1 Å². The van der Waals surface area contributed by atoms with E-state index in [1.807, 2.05) is 37.3 Å². The molecular weight excluding hydrogens is 471 g/mol. The zero-order valence-electron chi connectivity index (χ0n) is 23.1. The van der Waals surface area contributed by atoms with Gasteiger partial charge >= 0.3 is 0 Å². The molecule has 2 aromatic carbocycles. The van der Waals surface area contributed by atoms with Gasteiger partial charge < -0.3 is 10.5 Å². The van der Waals surface area contributed by atoms with Crippen molar-refractivity contribution in [2.24, 2.45) is 0 Å². The normalized spacial score (nSPS) is 13.8. The third-order valence-corrected chi connectivity index (χ3v) is 6.85. The van der Waals surface area contributed by atoms with Crippen molar-refractivity contribution in [3.63, 3.8) is 0 Å². The number of ether oxygens (including phenoxy) is 1. The van der Waals surface area contributed by atoms with Crippen molar-refractivity contribution in [1.29, 1.82) is 0 Å². The fourth-order valence-electron chi connectivity index (χ4n) is 4.90. The first-order chi connectivity index (χ1) is 18.5. The van der Waals surface area contributed by atoms with Gasteiger partial charge in [0.1, 0.15) is 11.6 Å². The number of rotatable bonds is 9. The minimum absolute atomic E-state index is 0.301. The largest absolute Gasteiger partial charge is 0.490 e. The summed E-state index contributed by atoms with van der Waals surface area (Å²) in [6.45, 7) is 6.46. The molecule has 1 fully saturated rings. The number of hydrogen-bond donors (Lipinski definition) is 1. The Labute approximate surface area is 228 Å². The second kappa shape index (κ2) is 15.0. The predicted molar refractivity (Wildman–Crippen MR) is 158 cm³/mol. The molecule has 1 saturated carbocycles. The molecule has 0 spiro atoms. The second-order valence-electron chi connectivity index (χ2n) is 9.93. The molecule has 4 heteroatoms. The molecule has 0 atom stereocenters. The first kappa shape index (κ1) is 29.0. The molecular formula is C34H41FN2O. The first-order valence-electron chi connectivity index (χ1n) is 13.9. The third-order valence-electron chi connectivity index (χ3n) is 6.85. The lowest BCUT2D eigenvalue weighted by Gasteiger charge is -2.19. The number of aromatic nitrogens is 1. The maximum absolute atomic E-state index is 14.1. The molecule has 38 heavy (non-hydrogen) atoms. The van der Waals surface area contributed by atoms with Crippen LogP contribution in [0.15, 0.2) is 60.9 Å². The van der Waals surface area contributed by atoms with Crippen LogP contribution in [0.3, 0.4) is 0 Å². The maximum Gasteiger partial charge on any atom is 0.142 e. The van der Waals surface area contributed by atoms with E-state index in [1.165, 1.54) is 44.4 Å². The van der Waals surface area contributed by atoms with Gasteiger partial charge in [-0.2, -0.15) is 0 Å². The van der Waals surface area contributed by atoms with E-state index >= 15 is 0 Å².